The molecule has 0 fully saturated rings. The number of hydrogen-bond acceptors (Lipinski definition) is 3. The first-order chi connectivity index (χ1) is 8.20. The summed E-state index contributed by atoms with van der Waals surface area (Å²) in [6.45, 7) is 2.90. The van der Waals surface area contributed by atoms with E-state index in [-0.39, 0.29) is 0 Å². The van der Waals surface area contributed by atoms with Crippen LogP contribution in [-0.4, -0.2) is 19.5 Å². The lowest BCUT2D eigenvalue weighted by atomic mass is 10.1. The van der Waals surface area contributed by atoms with Crippen LogP contribution >= 0.6 is 11.6 Å². The molecule has 4 heteroatoms. The van der Waals surface area contributed by atoms with E-state index in [9.17, 15) is 0 Å². The van der Waals surface area contributed by atoms with Gasteiger partial charge >= 0.3 is 0 Å². The van der Waals surface area contributed by atoms with Gasteiger partial charge in [0.15, 0.2) is 0 Å². The Labute approximate surface area is 107 Å². The summed E-state index contributed by atoms with van der Waals surface area (Å²) < 4.78 is 5.32. The Balaban J connectivity index is 2.24. The van der Waals surface area contributed by atoms with Crippen LogP contribution < -0.4 is 10.1 Å². The van der Waals surface area contributed by atoms with Gasteiger partial charge in [-0.15, -0.1) is 0 Å². The number of ether oxygens (including phenoxy) is 1. The number of benzene rings is 1. The maximum Gasteiger partial charge on any atom is 0.143 e. The summed E-state index contributed by atoms with van der Waals surface area (Å²) in [5.74, 6) is 1.80. The topological polar surface area (TPSA) is 33.6 Å². The second-order valence-electron chi connectivity index (χ2n) is 4.21. The predicted octanol–water partition coefficient (Wildman–Crippen LogP) is 3.65. The average Bonchev–Trinajstić information content (AvgIpc) is 2.35. The van der Waals surface area contributed by atoms with Gasteiger partial charge in [-0.1, -0.05) is 11.6 Å². The minimum Gasteiger partial charge on any atom is -0.495 e. The molecule has 0 amide bonds. The number of anilines is 1. The number of methoxy groups -OCH3 is 1. The predicted molar refractivity (Wildman–Crippen MR) is 72.5 cm³/mol. The molecule has 0 spiro atoms. The Morgan fingerprint density at radius 2 is 2.18 bits per heavy atom. The van der Waals surface area contributed by atoms with Crippen LogP contribution in [0.3, 0.4) is 0 Å². The van der Waals surface area contributed by atoms with Crippen molar-refractivity contribution in [2.45, 2.75) is 26.2 Å². The summed E-state index contributed by atoms with van der Waals surface area (Å²) >= 11 is 6.07. The maximum absolute atomic E-state index is 6.07. The van der Waals surface area contributed by atoms with Crippen LogP contribution in [0.25, 0.3) is 0 Å². The van der Waals surface area contributed by atoms with Crippen molar-refractivity contribution in [3.05, 3.63) is 22.7 Å². The van der Waals surface area contributed by atoms with E-state index in [1.807, 2.05) is 19.1 Å². The maximum atomic E-state index is 6.07. The molecule has 92 valence electrons. The van der Waals surface area contributed by atoms with Crippen LogP contribution in [-0.2, 0) is 0 Å². The van der Waals surface area contributed by atoms with E-state index < -0.39 is 0 Å². The van der Waals surface area contributed by atoms with E-state index in [0.29, 0.717) is 0 Å². The molecule has 3 nitrogen and oxygen atoms in total. The molecule has 0 aliphatic carbocycles. The van der Waals surface area contributed by atoms with Gasteiger partial charge in [0.2, 0.25) is 0 Å². The molecule has 1 N–H and O–H groups in total. The van der Waals surface area contributed by atoms with Crippen molar-refractivity contribution in [3.8, 4) is 5.75 Å². The fourth-order valence-corrected chi connectivity index (χ4v) is 2.04. The molecule has 0 unspecified atom stereocenters. The summed E-state index contributed by atoms with van der Waals surface area (Å²) in [7, 11) is 1.65. The molecule has 0 aromatic heterocycles. The second-order valence-corrected chi connectivity index (χ2v) is 4.62. The molecular weight excluding hydrogens is 236 g/mol. The zero-order valence-corrected chi connectivity index (χ0v) is 11.0. The monoisotopic (exact) mass is 252 g/mol. The average molecular weight is 253 g/mol. The lowest BCUT2D eigenvalue weighted by Gasteiger charge is -2.17. The molecule has 0 saturated heterocycles. The molecule has 2 rings (SSSR count). The number of amidine groups is 1. The van der Waals surface area contributed by atoms with Gasteiger partial charge in [-0.05, 0) is 31.4 Å². The number of nitrogens with zero attached hydrogens (tertiary/aromatic N) is 1. The van der Waals surface area contributed by atoms with Crippen LogP contribution in [0.4, 0.5) is 5.69 Å². The number of hydrogen-bond donors (Lipinski definition) is 1. The fourth-order valence-electron chi connectivity index (χ4n) is 1.88. The third-order valence-electron chi connectivity index (χ3n) is 2.88. The largest absolute Gasteiger partial charge is 0.495 e. The third-order valence-corrected chi connectivity index (χ3v) is 3.29. The zero-order valence-electron chi connectivity index (χ0n) is 10.2. The first-order valence-corrected chi connectivity index (χ1v) is 6.23. The molecule has 1 aromatic carbocycles. The SMILES string of the molecule is COc1cc(Cl)c(C)cc1NC1=NCCCC1. The molecule has 0 atom stereocenters. The molecule has 1 aliphatic heterocycles. The van der Waals surface area contributed by atoms with E-state index >= 15 is 0 Å². The van der Waals surface area contributed by atoms with Crippen molar-refractivity contribution in [2.75, 3.05) is 19.0 Å². The van der Waals surface area contributed by atoms with Gasteiger partial charge in [0.25, 0.3) is 0 Å². The lowest BCUT2D eigenvalue weighted by Crippen LogP contribution is -2.16. The Bertz CT molecular complexity index is 443. The highest BCUT2D eigenvalue weighted by molar-refractivity contribution is 6.31. The highest BCUT2D eigenvalue weighted by Gasteiger charge is 2.10. The number of halogens is 1. The molecule has 1 aromatic rings. The molecular formula is C13H17ClN2O. The van der Waals surface area contributed by atoms with Crippen LogP contribution in [0, 0.1) is 6.92 Å². The molecule has 0 bridgehead atoms. The van der Waals surface area contributed by atoms with Crippen LogP contribution in [0.15, 0.2) is 17.1 Å². The van der Waals surface area contributed by atoms with Gasteiger partial charge < -0.3 is 10.1 Å². The molecule has 17 heavy (non-hydrogen) atoms. The van der Waals surface area contributed by atoms with Crippen molar-refractivity contribution >= 4 is 23.1 Å². The minimum atomic E-state index is 0.720. The van der Waals surface area contributed by atoms with E-state index in [2.05, 4.69) is 10.3 Å². The number of rotatable bonds is 2. The van der Waals surface area contributed by atoms with Gasteiger partial charge in [0.1, 0.15) is 11.6 Å². The van der Waals surface area contributed by atoms with Crippen LogP contribution in [0.5, 0.6) is 5.75 Å². The van der Waals surface area contributed by atoms with E-state index in [4.69, 9.17) is 16.3 Å². The highest BCUT2D eigenvalue weighted by atomic mass is 35.5. The van der Waals surface area contributed by atoms with Crippen molar-refractivity contribution < 1.29 is 4.74 Å². The van der Waals surface area contributed by atoms with Crippen molar-refractivity contribution in [1.29, 1.82) is 0 Å². The quantitative estimate of drug-likeness (QED) is 0.872. The minimum absolute atomic E-state index is 0.720. The van der Waals surface area contributed by atoms with Crippen molar-refractivity contribution in [3.63, 3.8) is 0 Å². The summed E-state index contributed by atoms with van der Waals surface area (Å²) in [4.78, 5) is 4.47. The lowest BCUT2D eigenvalue weighted by molar-refractivity contribution is 0.417. The van der Waals surface area contributed by atoms with Crippen molar-refractivity contribution in [2.24, 2.45) is 4.99 Å². The summed E-state index contributed by atoms with van der Waals surface area (Å²) in [6, 6.07) is 3.83. The summed E-state index contributed by atoms with van der Waals surface area (Å²) in [5, 5.41) is 4.06. The number of nitrogens with one attached hydrogen (secondary N) is 1. The van der Waals surface area contributed by atoms with Gasteiger partial charge in [-0.2, -0.15) is 0 Å². The number of aryl methyl sites for hydroxylation is 1. The van der Waals surface area contributed by atoms with E-state index in [1.165, 1.54) is 12.8 Å². The normalized spacial score (nSPS) is 15.4. The Hall–Kier alpha value is -1.22. The Morgan fingerprint density at radius 1 is 1.35 bits per heavy atom. The van der Waals surface area contributed by atoms with E-state index in [1.54, 1.807) is 7.11 Å². The van der Waals surface area contributed by atoms with Crippen LogP contribution in [0.1, 0.15) is 24.8 Å². The molecule has 1 heterocycles. The Morgan fingerprint density at radius 3 is 2.82 bits per heavy atom. The number of aliphatic imine (C=N–C) groups is 1. The standard InChI is InChI=1S/C13H17ClN2O/c1-9-7-11(12(17-2)8-10(9)14)16-13-5-3-4-6-15-13/h7-8H,3-6H2,1-2H3,(H,15,16). The smallest absolute Gasteiger partial charge is 0.143 e. The Kier molecular flexibility index (Phi) is 3.89. The van der Waals surface area contributed by atoms with Gasteiger partial charge in [-0.25, -0.2) is 0 Å². The molecule has 0 radical (unpaired) electrons. The first-order valence-electron chi connectivity index (χ1n) is 5.85. The van der Waals surface area contributed by atoms with Gasteiger partial charge in [-0.3, -0.25) is 4.99 Å². The highest BCUT2D eigenvalue weighted by Crippen LogP contribution is 2.31. The third kappa shape index (κ3) is 2.91. The zero-order chi connectivity index (χ0) is 12.3. The van der Waals surface area contributed by atoms with Crippen LogP contribution in [0.2, 0.25) is 5.02 Å². The second kappa shape index (κ2) is 5.41. The molecule has 0 saturated carbocycles. The summed E-state index contributed by atoms with van der Waals surface area (Å²) in [6.07, 6.45) is 3.38. The van der Waals surface area contributed by atoms with Gasteiger partial charge in [0.05, 0.1) is 12.8 Å². The fraction of sp³-hybridized carbons (Fsp3) is 0.462. The molecule has 1 aliphatic rings. The van der Waals surface area contributed by atoms with Gasteiger partial charge in [0, 0.05) is 24.1 Å². The first kappa shape index (κ1) is 12.2. The van der Waals surface area contributed by atoms with E-state index in [0.717, 1.165) is 40.8 Å². The van der Waals surface area contributed by atoms with Crippen molar-refractivity contribution in [1.82, 2.24) is 0 Å². The summed E-state index contributed by atoms with van der Waals surface area (Å²) in [5.41, 5.74) is 1.97.